The number of fused-ring (bicyclic) bond motifs is 2. The zero-order valence-electron chi connectivity index (χ0n) is 18.4. The summed E-state index contributed by atoms with van der Waals surface area (Å²) < 4.78 is 23.4. The molecule has 10 nitrogen and oxygen atoms in total. The second kappa shape index (κ2) is 7.77. The number of amides is 1. The van der Waals surface area contributed by atoms with Crippen LogP contribution in [0.1, 0.15) is 30.4 Å². The number of benzene rings is 1. The van der Waals surface area contributed by atoms with E-state index in [4.69, 9.17) is 16.2 Å². The number of nitrogens with zero attached hydrogens (tertiary/aromatic N) is 5. The molecule has 2 aromatic heterocycles. The van der Waals surface area contributed by atoms with E-state index < -0.39 is 5.54 Å². The van der Waals surface area contributed by atoms with Gasteiger partial charge in [-0.2, -0.15) is 0 Å². The van der Waals surface area contributed by atoms with Crippen LogP contribution >= 0.6 is 15.9 Å². The standard InChI is InChI=1S/C22H24BrFN8O2/c23-14-13(7-32-10-29-16-19(25)27-9-28-20(16)32)17(18-12(15(14)24)3-6-34-18)31-5-4-22(26,8-31)21(33)30-11-1-2-11/h9-11H,1-8,26H2,(H,30,33)(H2,25,27,28)/t22-/m1/s1. The minimum absolute atomic E-state index is 0.134. The number of halogens is 2. The van der Waals surface area contributed by atoms with E-state index >= 15 is 4.39 Å². The number of nitrogens with two attached hydrogens (primary N) is 2. The average Bonchev–Trinajstić information content (AvgIpc) is 3.19. The number of carbonyl (C=O) groups excluding carboxylic acids is 1. The quantitative estimate of drug-likeness (QED) is 0.451. The predicted molar refractivity (Wildman–Crippen MR) is 127 cm³/mol. The maximum Gasteiger partial charge on any atom is 0.242 e. The average molecular weight is 531 g/mol. The molecule has 1 aromatic carbocycles. The first-order valence-electron chi connectivity index (χ1n) is 11.3. The van der Waals surface area contributed by atoms with Gasteiger partial charge in [-0.1, -0.05) is 0 Å². The Kier molecular flexibility index (Phi) is 4.92. The van der Waals surface area contributed by atoms with E-state index in [1.807, 2.05) is 4.90 Å². The van der Waals surface area contributed by atoms with Gasteiger partial charge in [-0.3, -0.25) is 4.79 Å². The lowest BCUT2D eigenvalue weighted by atomic mass is 9.99. The highest BCUT2D eigenvalue weighted by molar-refractivity contribution is 9.10. The molecular formula is C22H24BrFN8O2. The number of nitrogen functional groups attached to an aromatic ring is 1. The monoisotopic (exact) mass is 530 g/mol. The van der Waals surface area contributed by atoms with Gasteiger partial charge in [0, 0.05) is 36.7 Å². The number of carbonyl (C=O) groups is 1. The van der Waals surface area contributed by atoms with Gasteiger partial charge in [-0.25, -0.2) is 19.3 Å². The summed E-state index contributed by atoms with van der Waals surface area (Å²) in [5, 5.41) is 3.03. The Morgan fingerprint density at radius 2 is 2.18 bits per heavy atom. The highest BCUT2D eigenvalue weighted by atomic mass is 79.9. The lowest BCUT2D eigenvalue weighted by Crippen LogP contribution is -2.56. The minimum atomic E-state index is -1.02. The van der Waals surface area contributed by atoms with E-state index in [-0.39, 0.29) is 30.1 Å². The van der Waals surface area contributed by atoms with Crippen LogP contribution in [-0.2, 0) is 17.8 Å². The number of hydrogen-bond donors (Lipinski definition) is 3. The zero-order chi connectivity index (χ0) is 23.6. The van der Waals surface area contributed by atoms with E-state index in [0.717, 1.165) is 18.5 Å². The van der Waals surface area contributed by atoms with Crippen molar-refractivity contribution in [2.75, 3.05) is 30.3 Å². The van der Waals surface area contributed by atoms with Crippen LogP contribution in [0.25, 0.3) is 11.2 Å². The number of hydrogen-bond acceptors (Lipinski definition) is 8. The molecule has 0 spiro atoms. The molecule has 2 fully saturated rings. The Bertz CT molecular complexity index is 1330. The summed E-state index contributed by atoms with van der Waals surface area (Å²) >= 11 is 3.50. The molecule has 1 amide bonds. The third kappa shape index (κ3) is 3.38. The fraction of sp³-hybridized carbons (Fsp3) is 0.455. The van der Waals surface area contributed by atoms with Crippen molar-refractivity contribution in [2.45, 2.75) is 43.8 Å². The Morgan fingerprint density at radius 1 is 1.35 bits per heavy atom. The first-order valence-corrected chi connectivity index (χ1v) is 12.1. The number of ether oxygens (including phenoxy) is 1. The summed E-state index contributed by atoms with van der Waals surface area (Å²) in [6.45, 7) is 1.52. The van der Waals surface area contributed by atoms with Gasteiger partial charge >= 0.3 is 0 Å². The van der Waals surface area contributed by atoms with Crippen LogP contribution in [0.3, 0.4) is 0 Å². The Balaban J connectivity index is 1.42. The third-order valence-corrected chi connectivity index (χ3v) is 7.66. The summed E-state index contributed by atoms with van der Waals surface area (Å²) in [7, 11) is 0. The molecule has 4 heterocycles. The highest BCUT2D eigenvalue weighted by Gasteiger charge is 2.45. The van der Waals surface area contributed by atoms with Gasteiger partial charge in [-0.15, -0.1) is 0 Å². The second-order valence-electron chi connectivity index (χ2n) is 9.24. The molecule has 3 aliphatic rings. The first kappa shape index (κ1) is 21.5. The SMILES string of the molecule is Nc1ncnc2c1ncn2Cc1c(Br)c(F)c2c(c1N1CC[C@](N)(C(=O)NC3CC3)C1)OCC2. The predicted octanol–water partition coefficient (Wildman–Crippen LogP) is 1.48. The number of rotatable bonds is 5. The van der Waals surface area contributed by atoms with E-state index in [9.17, 15) is 4.79 Å². The molecule has 12 heteroatoms. The Hall–Kier alpha value is -2.99. The molecular weight excluding hydrogens is 507 g/mol. The largest absolute Gasteiger partial charge is 0.491 e. The number of aromatic nitrogens is 4. The van der Waals surface area contributed by atoms with E-state index in [1.54, 1.807) is 10.9 Å². The molecule has 5 N–H and O–H groups in total. The molecule has 2 aliphatic heterocycles. The lowest BCUT2D eigenvalue weighted by molar-refractivity contribution is -0.125. The van der Waals surface area contributed by atoms with Crippen LogP contribution in [-0.4, -0.2) is 56.7 Å². The molecule has 0 radical (unpaired) electrons. The molecule has 178 valence electrons. The number of anilines is 2. The van der Waals surface area contributed by atoms with Crippen molar-refractivity contribution >= 4 is 44.5 Å². The van der Waals surface area contributed by atoms with Crippen LogP contribution in [0.2, 0.25) is 0 Å². The summed E-state index contributed by atoms with van der Waals surface area (Å²) in [6.07, 6.45) is 5.95. The molecule has 0 bridgehead atoms. The van der Waals surface area contributed by atoms with Crippen LogP contribution in [0, 0.1) is 5.82 Å². The maximum absolute atomic E-state index is 15.4. The fourth-order valence-electron chi connectivity index (χ4n) is 4.81. The maximum atomic E-state index is 15.4. The van der Waals surface area contributed by atoms with Crippen molar-refractivity contribution in [1.82, 2.24) is 24.8 Å². The number of imidazole rings is 1. The Morgan fingerprint density at radius 3 is 2.97 bits per heavy atom. The van der Waals surface area contributed by atoms with Gasteiger partial charge in [-0.05, 0) is 35.2 Å². The topological polar surface area (TPSA) is 137 Å². The van der Waals surface area contributed by atoms with Crippen molar-refractivity contribution in [3.63, 3.8) is 0 Å². The van der Waals surface area contributed by atoms with Crippen molar-refractivity contribution in [1.29, 1.82) is 0 Å². The van der Waals surface area contributed by atoms with Gasteiger partial charge in [0.1, 0.15) is 28.9 Å². The van der Waals surface area contributed by atoms with E-state index in [2.05, 4.69) is 36.2 Å². The van der Waals surface area contributed by atoms with Crippen LogP contribution in [0.4, 0.5) is 15.9 Å². The van der Waals surface area contributed by atoms with E-state index in [0.29, 0.717) is 65.1 Å². The van der Waals surface area contributed by atoms with Crippen LogP contribution in [0.5, 0.6) is 5.75 Å². The summed E-state index contributed by atoms with van der Waals surface area (Å²) in [6, 6.07) is 0.231. The highest BCUT2D eigenvalue weighted by Crippen LogP contribution is 2.47. The van der Waals surface area contributed by atoms with Crippen molar-refractivity contribution in [3.05, 3.63) is 34.1 Å². The number of nitrogens with one attached hydrogen (secondary N) is 1. The second-order valence-corrected chi connectivity index (χ2v) is 10.0. The summed E-state index contributed by atoms with van der Waals surface area (Å²) in [4.78, 5) is 27.5. The van der Waals surface area contributed by atoms with Gasteiger partial charge in [0.15, 0.2) is 11.5 Å². The van der Waals surface area contributed by atoms with Crippen molar-refractivity contribution in [2.24, 2.45) is 5.73 Å². The van der Waals surface area contributed by atoms with E-state index in [1.165, 1.54) is 6.33 Å². The summed E-state index contributed by atoms with van der Waals surface area (Å²) in [5.74, 6) is 0.321. The molecule has 3 aromatic rings. The molecule has 1 saturated heterocycles. The lowest BCUT2D eigenvalue weighted by Gasteiger charge is -2.28. The van der Waals surface area contributed by atoms with Gasteiger partial charge in [0.25, 0.3) is 0 Å². The van der Waals surface area contributed by atoms with Gasteiger partial charge < -0.3 is 31.0 Å². The smallest absolute Gasteiger partial charge is 0.242 e. The first-order chi connectivity index (χ1) is 16.4. The molecule has 1 aliphatic carbocycles. The van der Waals surface area contributed by atoms with Crippen LogP contribution < -0.4 is 26.4 Å². The minimum Gasteiger partial charge on any atom is -0.491 e. The molecule has 1 atom stereocenters. The molecule has 6 rings (SSSR count). The van der Waals surface area contributed by atoms with Crippen LogP contribution in [0.15, 0.2) is 17.1 Å². The zero-order valence-corrected chi connectivity index (χ0v) is 19.9. The molecule has 1 saturated carbocycles. The Labute approximate surface area is 203 Å². The molecule has 34 heavy (non-hydrogen) atoms. The van der Waals surface area contributed by atoms with Gasteiger partial charge in [0.2, 0.25) is 5.91 Å². The normalized spacial score (nSPS) is 21.7. The van der Waals surface area contributed by atoms with Gasteiger partial charge in [0.05, 0.1) is 29.6 Å². The van der Waals surface area contributed by atoms with Crippen molar-refractivity contribution in [3.8, 4) is 5.75 Å². The summed E-state index contributed by atoms with van der Waals surface area (Å²) in [5.41, 5.74) is 14.5. The molecule has 0 unspecified atom stereocenters. The fourth-order valence-corrected chi connectivity index (χ4v) is 5.36. The van der Waals surface area contributed by atoms with Crippen molar-refractivity contribution < 1.29 is 13.9 Å². The third-order valence-electron chi connectivity index (χ3n) is 6.84.